The van der Waals surface area contributed by atoms with Crippen molar-refractivity contribution in [3.63, 3.8) is 0 Å². The first-order chi connectivity index (χ1) is 7.78. The largest absolute Gasteiger partial charge is 0.610 e. The molecule has 1 unspecified atom stereocenters. The molecule has 0 bridgehead atoms. The van der Waals surface area contributed by atoms with Crippen molar-refractivity contribution in [1.82, 2.24) is 9.97 Å². The van der Waals surface area contributed by atoms with E-state index in [4.69, 9.17) is 0 Å². The van der Waals surface area contributed by atoms with Crippen LogP contribution in [0.15, 0.2) is 17.4 Å². The van der Waals surface area contributed by atoms with Gasteiger partial charge in [0.15, 0.2) is 0 Å². The van der Waals surface area contributed by atoms with Crippen LogP contribution in [0.5, 0.6) is 5.88 Å². The van der Waals surface area contributed by atoms with Crippen LogP contribution in [0.4, 0.5) is 0 Å². The Morgan fingerprint density at radius 1 is 1.47 bits per heavy atom. The normalized spacial score (nSPS) is 13.7. The third kappa shape index (κ3) is 5.33. The fraction of sp³-hybridized carbons (Fsp3) is 0.556. The first-order valence-electron chi connectivity index (χ1n) is 4.88. The van der Waals surface area contributed by atoms with Gasteiger partial charge in [-0.05, 0) is 5.92 Å². The van der Waals surface area contributed by atoms with E-state index in [1.807, 2.05) is 13.8 Å². The van der Waals surface area contributed by atoms with Gasteiger partial charge in [0.05, 0.1) is 12.5 Å². The minimum Gasteiger partial charge on any atom is -0.610 e. The zero-order chi connectivity index (χ0) is 13.1. The van der Waals surface area contributed by atoms with Gasteiger partial charge in [0, 0.05) is 11.2 Å². The van der Waals surface area contributed by atoms with E-state index in [2.05, 4.69) is 14.2 Å². The summed E-state index contributed by atoms with van der Waals surface area (Å²) in [6.45, 7) is 3.87. The Morgan fingerprint density at radius 3 is 2.65 bits per heavy atom. The number of hydrogen-bond donors (Lipinski definition) is 0. The fourth-order valence-electron chi connectivity index (χ4n) is 1.02. The lowest BCUT2D eigenvalue weighted by Crippen LogP contribution is -2.15. The van der Waals surface area contributed by atoms with Gasteiger partial charge >= 0.3 is 10.1 Å². The molecule has 0 aliphatic heterocycles. The van der Waals surface area contributed by atoms with Crippen LogP contribution in [-0.2, 0) is 21.3 Å². The topological polar surface area (TPSA) is 92.2 Å². The van der Waals surface area contributed by atoms with E-state index in [1.54, 1.807) is 0 Å². The van der Waals surface area contributed by atoms with E-state index < -0.39 is 21.3 Å². The highest BCUT2D eigenvalue weighted by molar-refractivity contribution is 7.91. The molecule has 0 amide bonds. The quantitative estimate of drug-likeness (QED) is 0.578. The monoisotopic (exact) mass is 278 g/mol. The first kappa shape index (κ1) is 14.2. The van der Waals surface area contributed by atoms with E-state index in [0.29, 0.717) is 5.75 Å². The average Bonchev–Trinajstić information content (AvgIpc) is 2.14. The van der Waals surface area contributed by atoms with Gasteiger partial charge in [0.1, 0.15) is 11.9 Å². The van der Waals surface area contributed by atoms with Crippen LogP contribution < -0.4 is 4.18 Å². The molecule has 0 saturated carbocycles. The molecule has 0 saturated heterocycles. The minimum atomic E-state index is -3.64. The molecule has 0 aliphatic rings. The van der Waals surface area contributed by atoms with Gasteiger partial charge in [-0.25, -0.2) is 0 Å². The third-order valence-corrected chi connectivity index (χ3v) is 3.65. The highest BCUT2D eigenvalue weighted by Gasteiger charge is 2.17. The second-order valence-electron chi connectivity index (χ2n) is 3.89. The summed E-state index contributed by atoms with van der Waals surface area (Å²) < 4.78 is 38.1. The van der Waals surface area contributed by atoms with Crippen LogP contribution in [0.1, 0.15) is 13.8 Å². The molecule has 17 heavy (non-hydrogen) atoms. The average molecular weight is 278 g/mol. The van der Waals surface area contributed by atoms with Gasteiger partial charge in [0.2, 0.25) is 0 Å². The summed E-state index contributed by atoms with van der Waals surface area (Å²) in [7, 11) is -3.64. The molecule has 6 nitrogen and oxygen atoms in total. The lowest BCUT2D eigenvalue weighted by Gasteiger charge is -2.11. The molecule has 1 atom stereocenters. The number of hydrogen-bond acceptors (Lipinski definition) is 6. The minimum absolute atomic E-state index is 0.165. The maximum atomic E-state index is 11.8. The van der Waals surface area contributed by atoms with Crippen molar-refractivity contribution in [3.8, 4) is 5.88 Å². The SMILES string of the molecule is CC(C)C[S+]([O-])c1cncc(OS(C)(=O)=O)n1. The fourth-order valence-corrected chi connectivity index (χ4v) is 2.56. The van der Waals surface area contributed by atoms with Crippen molar-refractivity contribution in [1.29, 1.82) is 0 Å². The zero-order valence-corrected chi connectivity index (χ0v) is 11.4. The summed E-state index contributed by atoms with van der Waals surface area (Å²) >= 11 is -1.30. The summed E-state index contributed by atoms with van der Waals surface area (Å²) in [6, 6.07) is 0. The Labute approximate surface area is 104 Å². The smallest absolute Gasteiger partial charge is 0.307 e. The second kappa shape index (κ2) is 5.65. The summed E-state index contributed by atoms with van der Waals surface area (Å²) in [4.78, 5) is 7.60. The molecule has 1 heterocycles. The number of rotatable bonds is 5. The Balaban J connectivity index is 2.85. The summed E-state index contributed by atoms with van der Waals surface area (Å²) in [5, 5.41) is 0.222. The molecular weight excluding hydrogens is 264 g/mol. The lowest BCUT2D eigenvalue weighted by atomic mass is 10.3. The molecule has 1 rings (SSSR count). The van der Waals surface area contributed by atoms with Crippen molar-refractivity contribution in [3.05, 3.63) is 12.4 Å². The number of nitrogens with zero attached hydrogens (tertiary/aromatic N) is 2. The van der Waals surface area contributed by atoms with E-state index in [0.717, 1.165) is 12.5 Å². The predicted molar refractivity (Wildman–Crippen MR) is 63.6 cm³/mol. The summed E-state index contributed by atoms with van der Waals surface area (Å²) in [6.07, 6.45) is 3.41. The van der Waals surface area contributed by atoms with Gasteiger partial charge < -0.3 is 8.74 Å². The molecule has 0 N–H and O–H groups in total. The van der Waals surface area contributed by atoms with E-state index in [-0.39, 0.29) is 16.8 Å². The highest BCUT2D eigenvalue weighted by atomic mass is 32.2. The van der Waals surface area contributed by atoms with Gasteiger partial charge in [-0.2, -0.15) is 13.4 Å². The van der Waals surface area contributed by atoms with Crippen molar-refractivity contribution < 1.29 is 17.2 Å². The van der Waals surface area contributed by atoms with Gasteiger partial charge in [-0.1, -0.05) is 13.8 Å². The van der Waals surface area contributed by atoms with E-state index >= 15 is 0 Å². The summed E-state index contributed by atoms with van der Waals surface area (Å²) in [5.41, 5.74) is 0. The van der Waals surface area contributed by atoms with Crippen LogP contribution in [0.25, 0.3) is 0 Å². The van der Waals surface area contributed by atoms with Crippen LogP contribution in [0.3, 0.4) is 0 Å². The third-order valence-electron chi connectivity index (χ3n) is 1.55. The van der Waals surface area contributed by atoms with Crippen molar-refractivity contribution in [2.24, 2.45) is 5.92 Å². The van der Waals surface area contributed by atoms with Crippen LogP contribution in [0.2, 0.25) is 0 Å². The molecule has 8 heteroatoms. The molecule has 0 radical (unpaired) electrons. The molecule has 1 aromatic heterocycles. The molecule has 1 aromatic rings. The van der Waals surface area contributed by atoms with E-state index in [1.165, 1.54) is 6.20 Å². The Bertz CT molecular complexity index is 476. The molecule has 0 aromatic carbocycles. The molecular formula is C9H14N2O4S2. The molecule has 0 spiro atoms. The van der Waals surface area contributed by atoms with Crippen LogP contribution >= 0.6 is 0 Å². The maximum absolute atomic E-state index is 11.8. The molecule has 0 aliphatic carbocycles. The predicted octanol–water partition coefficient (Wildman–Crippen LogP) is 0.579. The Morgan fingerprint density at radius 2 is 2.12 bits per heavy atom. The first-order valence-corrected chi connectivity index (χ1v) is 8.01. The molecule has 0 fully saturated rings. The Kier molecular flexibility index (Phi) is 4.72. The van der Waals surface area contributed by atoms with E-state index in [9.17, 15) is 13.0 Å². The summed E-state index contributed by atoms with van der Waals surface area (Å²) in [5.74, 6) is 0.524. The van der Waals surface area contributed by atoms with Gasteiger partial charge in [-0.3, -0.25) is 4.98 Å². The van der Waals surface area contributed by atoms with Crippen molar-refractivity contribution in [2.45, 2.75) is 18.9 Å². The van der Waals surface area contributed by atoms with Crippen LogP contribution in [-0.4, -0.2) is 34.9 Å². The van der Waals surface area contributed by atoms with Crippen molar-refractivity contribution >= 4 is 21.3 Å². The van der Waals surface area contributed by atoms with Crippen molar-refractivity contribution in [2.75, 3.05) is 12.0 Å². The Hall–Kier alpha value is -0.860. The lowest BCUT2D eigenvalue weighted by molar-refractivity contribution is 0.476. The maximum Gasteiger partial charge on any atom is 0.307 e. The highest BCUT2D eigenvalue weighted by Crippen LogP contribution is 2.14. The van der Waals surface area contributed by atoms with Crippen LogP contribution in [0, 0.1) is 5.92 Å². The second-order valence-corrected chi connectivity index (χ2v) is 6.91. The zero-order valence-electron chi connectivity index (χ0n) is 9.78. The number of aromatic nitrogens is 2. The van der Waals surface area contributed by atoms with Gasteiger partial charge in [-0.15, -0.1) is 0 Å². The standard InChI is InChI=1S/C9H14N2O4S2/c1-7(2)6-16(12)9-5-10-4-8(11-9)15-17(3,13)14/h4-5,7H,6H2,1-3H3. The van der Waals surface area contributed by atoms with Gasteiger partial charge in [0.25, 0.3) is 10.9 Å². The molecule has 96 valence electrons.